The van der Waals surface area contributed by atoms with Gasteiger partial charge in [-0.25, -0.2) is 0 Å². The van der Waals surface area contributed by atoms with E-state index in [0.29, 0.717) is 60.0 Å². The average molecular weight is 651 g/mol. The van der Waals surface area contributed by atoms with Crippen LogP contribution in [-0.2, 0) is 44.8 Å². The van der Waals surface area contributed by atoms with E-state index in [1.165, 1.54) is 0 Å². The number of thiophene rings is 1. The Morgan fingerprint density at radius 2 is 2.13 bits per heavy atom. The van der Waals surface area contributed by atoms with Crippen LogP contribution in [0.25, 0.3) is 0 Å². The van der Waals surface area contributed by atoms with Gasteiger partial charge in [-0.2, -0.15) is 0 Å². The van der Waals surface area contributed by atoms with Gasteiger partial charge >= 0.3 is 190 Å². The number of carbonyl (C=O) groups excluding carboxylic acids is 1. The second kappa shape index (κ2) is 10.6. The van der Waals surface area contributed by atoms with Gasteiger partial charge in [0.05, 0.1) is 0 Å². The Balaban J connectivity index is 2.06. The molecule has 1 aromatic rings. The van der Waals surface area contributed by atoms with Crippen molar-refractivity contribution in [3.63, 3.8) is 0 Å². The van der Waals surface area contributed by atoms with Crippen LogP contribution in [0, 0.1) is 10.1 Å². The molecule has 0 saturated heterocycles. The van der Waals surface area contributed by atoms with E-state index in [-0.39, 0.29) is 23.3 Å². The van der Waals surface area contributed by atoms with E-state index < -0.39 is 33.4 Å². The molecular formula is C16H25N3O7S3W. The number of amides is 1. The number of nitrogens with one attached hydrogen (secondary N) is 2. The van der Waals surface area contributed by atoms with Crippen LogP contribution >= 0.6 is 11.3 Å². The van der Waals surface area contributed by atoms with Crippen LogP contribution in [0.4, 0.5) is 0 Å². The normalized spacial score (nSPS) is 21.9. The van der Waals surface area contributed by atoms with Crippen molar-refractivity contribution in [1.29, 1.82) is 0 Å². The van der Waals surface area contributed by atoms with Crippen molar-refractivity contribution in [2.24, 2.45) is 0 Å². The molecule has 1 aliphatic heterocycles. The Hall–Kier alpha value is -0.882. The second-order valence-corrected chi connectivity index (χ2v) is 17.5. The summed E-state index contributed by atoms with van der Waals surface area (Å²) in [6, 6.07) is 1.53. The summed E-state index contributed by atoms with van der Waals surface area (Å²) in [5.74, 6) is -0.393. The van der Waals surface area contributed by atoms with Crippen LogP contribution in [0.3, 0.4) is 0 Å². The molecule has 2 heterocycles. The Morgan fingerprint density at radius 3 is 2.77 bits per heavy atom. The third-order valence-electron chi connectivity index (χ3n) is 4.64. The average Bonchev–Trinajstić information content (AvgIpc) is 3.10. The number of sulfone groups is 1. The monoisotopic (exact) mass is 651 g/mol. The van der Waals surface area contributed by atoms with Crippen molar-refractivity contribution in [2.45, 2.75) is 65.7 Å². The van der Waals surface area contributed by atoms with Crippen LogP contribution in [0.5, 0.6) is 0 Å². The van der Waals surface area contributed by atoms with Gasteiger partial charge in [-0.1, -0.05) is 0 Å². The van der Waals surface area contributed by atoms with Crippen LogP contribution in [-0.4, -0.2) is 42.0 Å². The number of fused-ring (bicyclic) bond motifs is 1. The number of unbranched alkanes of at least 4 members (excludes halogenated alkanes) is 2. The fraction of sp³-hybridized carbons (Fsp3) is 0.688. The number of hydrogen-bond donors (Lipinski definition) is 2. The third kappa shape index (κ3) is 6.32. The second-order valence-electron chi connectivity index (χ2n) is 6.91. The van der Waals surface area contributed by atoms with Crippen molar-refractivity contribution in [3.8, 4) is 0 Å². The number of nitrogens with zero attached hydrogens (tertiary/aromatic N) is 1. The molecule has 1 amide bonds. The summed E-state index contributed by atoms with van der Waals surface area (Å²) >= 11 is 1.63. The summed E-state index contributed by atoms with van der Waals surface area (Å²) in [5.41, 5.74) is 0.629. The SMILES string of the molecule is CCN[C@H]1CC(C)S(=O)(=O)c2sc([S](=O)(=[W])NC(=O)CCCCCO[N+](=O)[O-])cc21. The van der Waals surface area contributed by atoms with Crippen LogP contribution < -0.4 is 10.0 Å². The van der Waals surface area contributed by atoms with Gasteiger partial charge in [-0.15, -0.1) is 0 Å². The van der Waals surface area contributed by atoms with Crippen molar-refractivity contribution in [2.75, 3.05) is 13.2 Å². The van der Waals surface area contributed by atoms with Crippen molar-refractivity contribution in [3.05, 3.63) is 21.7 Å². The van der Waals surface area contributed by atoms with E-state index in [0.717, 1.165) is 11.3 Å². The molecule has 2 rings (SSSR count). The predicted octanol–water partition coefficient (Wildman–Crippen LogP) is 1.87. The molecule has 0 radical (unpaired) electrons. The molecule has 1 aliphatic rings. The number of rotatable bonds is 11. The molecule has 3 atom stereocenters. The molecule has 30 heavy (non-hydrogen) atoms. The van der Waals surface area contributed by atoms with Crippen molar-refractivity contribution >= 4 is 34.4 Å². The Kier molecular flexibility index (Phi) is 8.99. The molecular weight excluding hydrogens is 626 g/mol. The molecule has 0 fully saturated rings. The van der Waals surface area contributed by atoms with Crippen LogP contribution in [0.15, 0.2) is 14.5 Å². The van der Waals surface area contributed by atoms with Gasteiger partial charge in [0.1, 0.15) is 0 Å². The van der Waals surface area contributed by atoms with Gasteiger partial charge in [0.2, 0.25) is 0 Å². The maximum atomic E-state index is 13.2. The maximum absolute atomic E-state index is 13.2. The van der Waals surface area contributed by atoms with Gasteiger partial charge < -0.3 is 0 Å². The zero-order valence-electron chi connectivity index (χ0n) is 16.6. The van der Waals surface area contributed by atoms with E-state index in [4.69, 9.17) is 0 Å². The zero-order valence-corrected chi connectivity index (χ0v) is 22.0. The molecule has 0 saturated carbocycles. The van der Waals surface area contributed by atoms with Gasteiger partial charge in [0.25, 0.3) is 0 Å². The predicted molar refractivity (Wildman–Crippen MR) is 108 cm³/mol. The van der Waals surface area contributed by atoms with Crippen molar-refractivity contribution < 1.29 is 45.3 Å². The van der Waals surface area contributed by atoms with Gasteiger partial charge in [0, 0.05) is 0 Å². The fourth-order valence-corrected chi connectivity index (χ4v) is 10.8. The summed E-state index contributed by atoms with van der Waals surface area (Å²) in [7, 11) is -6.35. The molecule has 0 aromatic carbocycles. The Labute approximate surface area is 189 Å². The Morgan fingerprint density at radius 1 is 1.43 bits per heavy atom. The quantitative estimate of drug-likeness (QED) is 0.210. The molecule has 2 unspecified atom stereocenters. The molecule has 10 nitrogen and oxygen atoms in total. The van der Waals surface area contributed by atoms with Crippen LogP contribution in [0.1, 0.15) is 57.6 Å². The first-order valence-corrected chi connectivity index (χ1v) is 16.9. The minimum atomic E-state index is -3.48. The third-order valence-corrected chi connectivity index (χ3v) is 14.5. The number of hydrogen-bond acceptors (Lipinski definition) is 9. The topological polar surface area (TPSA) is 145 Å². The van der Waals surface area contributed by atoms with E-state index in [1.807, 2.05) is 6.92 Å². The summed E-state index contributed by atoms with van der Waals surface area (Å²) in [6.07, 6.45) is 2.06. The molecule has 170 valence electrons. The Bertz CT molecular complexity index is 992. The standard InChI is InChI=1S/C16H25N3O7S3.W/c1-3-17-13-9-11(2)29(24,25)16-12(13)10-15(27-16)28(23)18-14(20)7-5-4-6-8-26-19(21)22;/h10-11,13,17H,3-9H2,1-2H3,(H,18,20);/t11?,13-,28?;/m0./s1. The molecule has 0 spiro atoms. The summed E-state index contributed by atoms with van der Waals surface area (Å²) in [4.78, 5) is 26.5. The summed E-state index contributed by atoms with van der Waals surface area (Å²) in [6.45, 7) is 4.27. The molecule has 2 N–H and O–H groups in total. The number of carbonyl (C=O) groups is 1. The van der Waals surface area contributed by atoms with E-state index in [1.54, 1.807) is 13.0 Å². The minimum absolute atomic E-state index is 0.0239. The molecule has 0 aliphatic carbocycles. The first-order chi connectivity index (χ1) is 14.0. The summed E-state index contributed by atoms with van der Waals surface area (Å²) in [5, 5.41) is 12.0. The van der Waals surface area contributed by atoms with E-state index in [2.05, 4.69) is 14.9 Å². The molecule has 14 heteroatoms. The van der Waals surface area contributed by atoms with Crippen molar-refractivity contribution in [1.82, 2.24) is 10.0 Å². The molecule has 0 bridgehead atoms. The first kappa shape index (κ1) is 25.4. The van der Waals surface area contributed by atoms with Gasteiger partial charge in [-0.05, 0) is 0 Å². The van der Waals surface area contributed by atoms with Gasteiger partial charge in [-0.3, -0.25) is 0 Å². The van der Waals surface area contributed by atoms with E-state index >= 15 is 0 Å². The zero-order chi connectivity index (χ0) is 22.5. The van der Waals surface area contributed by atoms with E-state index in [9.17, 15) is 27.5 Å². The summed E-state index contributed by atoms with van der Waals surface area (Å²) < 4.78 is 41.8. The molecule has 1 aromatic heterocycles. The fourth-order valence-electron chi connectivity index (χ4n) is 3.13. The van der Waals surface area contributed by atoms with Gasteiger partial charge in [0.15, 0.2) is 0 Å². The van der Waals surface area contributed by atoms with Crippen LogP contribution in [0.2, 0.25) is 0 Å². The first-order valence-electron chi connectivity index (χ1n) is 9.43.